The summed E-state index contributed by atoms with van der Waals surface area (Å²) in [7, 11) is 5.23. The van der Waals surface area contributed by atoms with Gasteiger partial charge in [0.05, 0.1) is 62.0 Å². The minimum absolute atomic E-state index is 0.00773. The minimum Gasteiger partial charge on any atom is -0.493 e. The van der Waals surface area contributed by atoms with Crippen molar-refractivity contribution >= 4 is 65.3 Å². The molecule has 4 aliphatic heterocycles. The van der Waals surface area contributed by atoms with Crippen molar-refractivity contribution in [1.82, 2.24) is 0 Å². The lowest BCUT2D eigenvalue weighted by atomic mass is 10.1. The second-order valence-corrected chi connectivity index (χ2v) is 16.5. The molecule has 2 amide bonds. The number of carbonyl (C=O) groups excluding carboxylic acids is 2. The molecule has 4 aromatic carbocycles. The van der Waals surface area contributed by atoms with Gasteiger partial charge in [0.2, 0.25) is 0 Å². The minimum atomic E-state index is -0.189. The van der Waals surface area contributed by atoms with E-state index >= 15 is 0 Å². The molecule has 4 aromatic rings. The van der Waals surface area contributed by atoms with E-state index in [1.165, 1.54) is 0 Å². The van der Waals surface area contributed by atoms with Gasteiger partial charge in [0.15, 0.2) is 23.0 Å². The summed E-state index contributed by atoms with van der Waals surface area (Å²) in [6.07, 6.45) is 7.72. The lowest BCUT2D eigenvalue weighted by Crippen LogP contribution is -2.37. The quantitative estimate of drug-likeness (QED) is 0.108. The van der Waals surface area contributed by atoms with E-state index in [1.54, 1.807) is 38.5 Å². The van der Waals surface area contributed by atoms with Gasteiger partial charge in [-0.3, -0.25) is 29.4 Å². The number of methoxy groups -OCH3 is 2. The van der Waals surface area contributed by atoms with E-state index in [-0.39, 0.29) is 28.6 Å². The Hall–Kier alpha value is -5.49. The van der Waals surface area contributed by atoms with Gasteiger partial charge < -0.3 is 23.8 Å². The van der Waals surface area contributed by atoms with Gasteiger partial charge in [-0.1, -0.05) is 32.0 Å². The zero-order chi connectivity index (χ0) is 39.1. The number of hydrogen-bond donors (Lipinski definition) is 1. The van der Waals surface area contributed by atoms with E-state index in [2.05, 4.69) is 56.6 Å². The molecule has 0 saturated heterocycles. The number of hydrogen-bond acceptors (Lipinski definition) is 10. The third kappa shape index (κ3) is 7.18. The molecular formula is C44H47N5O6S. The van der Waals surface area contributed by atoms with Crippen LogP contribution in [-0.4, -0.2) is 82.1 Å². The van der Waals surface area contributed by atoms with Crippen molar-refractivity contribution < 1.29 is 28.5 Å². The Bertz CT molecular complexity index is 2250. The molecule has 4 aliphatic rings. The maximum atomic E-state index is 14.1. The summed E-state index contributed by atoms with van der Waals surface area (Å²) >= 11 is 4.66. The summed E-state index contributed by atoms with van der Waals surface area (Å²) in [6.45, 7) is 5.85. The molecule has 0 aliphatic carbocycles. The van der Waals surface area contributed by atoms with E-state index in [0.717, 1.165) is 54.0 Å². The van der Waals surface area contributed by atoms with Gasteiger partial charge in [-0.2, -0.15) is 12.6 Å². The van der Waals surface area contributed by atoms with Crippen LogP contribution in [0.2, 0.25) is 0 Å². The van der Waals surface area contributed by atoms with Crippen LogP contribution in [0.15, 0.2) is 76.7 Å². The largest absolute Gasteiger partial charge is 0.493 e. The first-order valence-corrected chi connectivity index (χ1v) is 19.6. The normalized spacial score (nSPS) is 17.6. The molecule has 0 saturated carbocycles. The predicted molar refractivity (Wildman–Crippen MR) is 225 cm³/mol. The number of amides is 2. The van der Waals surface area contributed by atoms with Crippen molar-refractivity contribution in [2.24, 2.45) is 9.98 Å². The molecule has 0 unspecified atom stereocenters. The highest BCUT2D eigenvalue weighted by Gasteiger charge is 2.38. The van der Waals surface area contributed by atoms with Crippen LogP contribution in [-0.2, 0) is 12.8 Å². The third-order valence-corrected chi connectivity index (χ3v) is 11.1. The zero-order valence-corrected chi connectivity index (χ0v) is 33.3. The SMILES string of the molecule is COc1cc2c(cc1OCCCOc1cc3c(cc1OC)C(=O)N1c4ccc(N(C)CCCC(C)(C)S)cc4C[C@H]1C=N3)N=C[C@@H]1Cc3ccccc3N1C2=O. The first-order valence-electron chi connectivity index (χ1n) is 19.1. The van der Waals surface area contributed by atoms with Crippen molar-refractivity contribution in [2.45, 2.75) is 62.8 Å². The molecule has 12 heteroatoms. The van der Waals surface area contributed by atoms with Gasteiger partial charge in [0.1, 0.15) is 0 Å². The third-order valence-electron chi connectivity index (χ3n) is 10.9. The van der Waals surface area contributed by atoms with Crippen LogP contribution in [0, 0.1) is 0 Å². The topological polar surface area (TPSA) is 106 Å². The van der Waals surface area contributed by atoms with Crippen molar-refractivity contribution in [3.8, 4) is 23.0 Å². The van der Waals surface area contributed by atoms with Crippen LogP contribution in [0.25, 0.3) is 0 Å². The molecule has 0 aromatic heterocycles. The van der Waals surface area contributed by atoms with Gasteiger partial charge in [0.25, 0.3) is 11.8 Å². The van der Waals surface area contributed by atoms with Crippen LogP contribution in [0.1, 0.15) is 65.0 Å². The average molecular weight is 774 g/mol. The van der Waals surface area contributed by atoms with Crippen LogP contribution >= 0.6 is 12.6 Å². The van der Waals surface area contributed by atoms with Crippen LogP contribution in [0.4, 0.5) is 28.4 Å². The van der Waals surface area contributed by atoms with E-state index < -0.39 is 0 Å². The summed E-state index contributed by atoms with van der Waals surface area (Å²) in [6, 6.07) is 20.9. The van der Waals surface area contributed by atoms with Gasteiger partial charge in [-0.15, -0.1) is 0 Å². The molecule has 8 rings (SSSR count). The first-order chi connectivity index (χ1) is 27.0. The molecule has 0 spiro atoms. The Morgan fingerprint density at radius 1 is 0.732 bits per heavy atom. The van der Waals surface area contributed by atoms with Crippen molar-refractivity contribution in [3.05, 3.63) is 89.0 Å². The van der Waals surface area contributed by atoms with E-state index in [9.17, 15) is 9.59 Å². The Kier molecular flexibility index (Phi) is 10.2. The number of aliphatic imine (C=N–C) groups is 2. The molecule has 0 radical (unpaired) electrons. The van der Waals surface area contributed by atoms with Crippen LogP contribution in [0.5, 0.6) is 23.0 Å². The Morgan fingerprint density at radius 2 is 1.29 bits per heavy atom. The summed E-state index contributed by atoms with van der Waals surface area (Å²) in [4.78, 5) is 43.2. The van der Waals surface area contributed by atoms with E-state index in [0.29, 0.717) is 71.6 Å². The van der Waals surface area contributed by atoms with Crippen LogP contribution in [0.3, 0.4) is 0 Å². The van der Waals surface area contributed by atoms with Crippen molar-refractivity contribution in [3.63, 3.8) is 0 Å². The number of ether oxygens (including phenoxy) is 4. The zero-order valence-electron chi connectivity index (χ0n) is 32.4. The number of nitrogens with zero attached hydrogens (tertiary/aromatic N) is 5. The Labute approximate surface area is 333 Å². The highest BCUT2D eigenvalue weighted by Crippen LogP contribution is 2.43. The van der Waals surface area contributed by atoms with Crippen molar-refractivity contribution in [1.29, 1.82) is 0 Å². The molecule has 0 fully saturated rings. The fourth-order valence-corrected chi connectivity index (χ4v) is 8.13. The molecule has 56 heavy (non-hydrogen) atoms. The van der Waals surface area contributed by atoms with Crippen LogP contribution < -0.4 is 33.6 Å². The fourth-order valence-electron chi connectivity index (χ4n) is 7.97. The lowest BCUT2D eigenvalue weighted by Gasteiger charge is -2.24. The molecule has 0 bridgehead atoms. The standard InChI is InChI=1S/C44H47N5O6S/c1-44(2,56)14-8-15-47(3)29-12-13-37-28(19-29)20-31-26-46-35-24-41(39(53-5)22-33(35)43(51)49(31)37)55-17-9-16-54-40-23-34-32(21-38(40)52-4)42(50)48-30(25-45-34)18-27-10-6-7-11-36(27)48/h6-7,10-13,19,21-26,30-31,56H,8-9,14-18,20H2,1-5H3/t30-,31-/m0/s1. The first kappa shape index (κ1) is 37.4. The molecule has 4 heterocycles. The fraction of sp³-hybridized carbons (Fsp3) is 0.364. The number of benzene rings is 4. The maximum Gasteiger partial charge on any atom is 0.261 e. The molecule has 11 nitrogen and oxygen atoms in total. The second-order valence-electron chi connectivity index (χ2n) is 15.3. The summed E-state index contributed by atoms with van der Waals surface area (Å²) in [5, 5.41) is 0. The number of fused-ring (bicyclic) bond motifs is 8. The Balaban J connectivity index is 0.908. The highest BCUT2D eigenvalue weighted by atomic mass is 32.1. The number of rotatable bonds is 13. The monoisotopic (exact) mass is 773 g/mol. The number of para-hydroxylation sites is 1. The maximum absolute atomic E-state index is 14.1. The van der Waals surface area contributed by atoms with Gasteiger partial charge >= 0.3 is 0 Å². The van der Waals surface area contributed by atoms with Gasteiger partial charge in [-0.05, 0) is 60.4 Å². The predicted octanol–water partition coefficient (Wildman–Crippen LogP) is 8.05. The summed E-state index contributed by atoms with van der Waals surface area (Å²) < 4.78 is 23.7. The molecular weight excluding hydrogens is 727 g/mol. The second kappa shape index (κ2) is 15.2. The smallest absolute Gasteiger partial charge is 0.261 e. The van der Waals surface area contributed by atoms with E-state index in [1.807, 2.05) is 46.5 Å². The molecule has 0 N–H and O–H groups in total. The summed E-state index contributed by atoms with van der Waals surface area (Å²) in [5.41, 5.74) is 7.21. The number of carbonyl (C=O) groups is 2. The number of thiol groups is 1. The highest BCUT2D eigenvalue weighted by molar-refractivity contribution is 7.81. The number of anilines is 3. The van der Waals surface area contributed by atoms with Crippen molar-refractivity contribution in [2.75, 3.05) is 55.7 Å². The van der Waals surface area contributed by atoms with E-state index in [4.69, 9.17) is 28.9 Å². The molecule has 2 atom stereocenters. The van der Waals surface area contributed by atoms with Gasteiger partial charge in [-0.25, -0.2) is 0 Å². The Morgan fingerprint density at radius 3 is 1.86 bits per heavy atom. The molecule has 290 valence electrons. The lowest BCUT2D eigenvalue weighted by molar-refractivity contribution is 0.0978. The summed E-state index contributed by atoms with van der Waals surface area (Å²) in [5.74, 6) is 1.65. The average Bonchev–Trinajstić information content (AvgIpc) is 3.67. The van der Waals surface area contributed by atoms with Gasteiger partial charge in [0, 0.05) is 79.2 Å².